The van der Waals surface area contributed by atoms with Crippen molar-refractivity contribution in [3.05, 3.63) is 60.1 Å². The predicted molar refractivity (Wildman–Crippen MR) is 64.9 cm³/mol. The number of hydrogen-bond acceptors (Lipinski definition) is 4. The summed E-state index contributed by atoms with van der Waals surface area (Å²) in [6, 6.07) is 10.7. The first kappa shape index (κ1) is 10.5. The van der Waals surface area contributed by atoms with E-state index in [1.807, 2.05) is 12.1 Å². The summed E-state index contributed by atoms with van der Waals surface area (Å²) in [7, 11) is 0. The topological polar surface area (TPSA) is 48.4 Å². The van der Waals surface area contributed by atoms with Crippen LogP contribution in [0, 0.1) is 0 Å². The van der Waals surface area contributed by atoms with Crippen LogP contribution in [0.5, 0.6) is 11.5 Å². The van der Waals surface area contributed by atoms with E-state index in [0.717, 1.165) is 5.56 Å². The van der Waals surface area contributed by atoms with E-state index in [4.69, 9.17) is 9.47 Å². The molecule has 0 fully saturated rings. The van der Waals surface area contributed by atoms with E-state index >= 15 is 0 Å². The van der Waals surface area contributed by atoms with Gasteiger partial charge >= 0.3 is 5.97 Å². The highest BCUT2D eigenvalue weighted by Crippen LogP contribution is 2.33. The maximum Gasteiger partial charge on any atom is 0.379 e. The van der Waals surface area contributed by atoms with Gasteiger partial charge in [0, 0.05) is 12.4 Å². The van der Waals surface area contributed by atoms with E-state index in [2.05, 4.69) is 4.98 Å². The van der Waals surface area contributed by atoms with Crippen molar-refractivity contribution in [2.75, 3.05) is 0 Å². The fourth-order valence-electron chi connectivity index (χ4n) is 1.63. The lowest BCUT2D eigenvalue weighted by Crippen LogP contribution is -2.20. The second-order valence-electron chi connectivity index (χ2n) is 3.73. The number of carbonyl (C=O) groups is 1. The third-order valence-corrected chi connectivity index (χ3v) is 2.46. The van der Waals surface area contributed by atoms with Crippen molar-refractivity contribution in [3.8, 4) is 11.5 Å². The number of benzene rings is 1. The van der Waals surface area contributed by atoms with Crippen LogP contribution in [0.3, 0.4) is 0 Å². The number of para-hydroxylation sites is 2. The summed E-state index contributed by atoms with van der Waals surface area (Å²) in [6.45, 7) is 0. The smallest absolute Gasteiger partial charge is 0.379 e. The SMILES string of the molecule is O=C1Oc2ccccc2O/C1=C\c1cccnc1. The number of fused-ring (bicyclic) bond motifs is 1. The van der Waals surface area contributed by atoms with Crippen LogP contribution >= 0.6 is 0 Å². The number of carbonyl (C=O) groups excluding carboxylic acids is 1. The Kier molecular flexibility index (Phi) is 2.53. The molecule has 0 unspecified atom stereocenters. The molecule has 1 aliphatic rings. The van der Waals surface area contributed by atoms with E-state index in [1.165, 1.54) is 0 Å². The van der Waals surface area contributed by atoms with Crippen LogP contribution in [-0.2, 0) is 4.79 Å². The molecule has 0 atom stereocenters. The van der Waals surface area contributed by atoms with Gasteiger partial charge in [0.2, 0.25) is 5.76 Å². The molecule has 0 radical (unpaired) electrons. The summed E-state index contributed by atoms with van der Waals surface area (Å²) in [4.78, 5) is 15.7. The number of esters is 1. The molecule has 4 heteroatoms. The minimum absolute atomic E-state index is 0.154. The highest BCUT2D eigenvalue weighted by molar-refractivity contribution is 5.95. The molecule has 1 aliphatic heterocycles. The zero-order valence-electron chi connectivity index (χ0n) is 9.37. The molecule has 0 spiro atoms. The first-order chi connectivity index (χ1) is 8.83. The van der Waals surface area contributed by atoms with E-state index in [1.54, 1.807) is 42.7 Å². The van der Waals surface area contributed by atoms with E-state index in [9.17, 15) is 4.79 Å². The summed E-state index contributed by atoms with van der Waals surface area (Å²) in [5, 5.41) is 0. The molecule has 0 saturated heterocycles. The molecule has 0 bridgehead atoms. The fraction of sp³-hybridized carbons (Fsp3) is 0. The van der Waals surface area contributed by atoms with Crippen LogP contribution in [-0.4, -0.2) is 11.0 Å². The number of rotatable bonds is 1. The summed E-state index contributed by atoms with van der Waals surface area (Å²) < 4.78 is 10.7. The summed E-state index contributed by atoms with van der Waals surface area (Å²) in [5.41, 5.74) is 0.781. The van der Waals surface area contributed by atoms with Crippen molar-refractivity contribution in [1.29, 1.82) is 0 Å². The highest BCUT2D eigenvalue weighted by atomic mass is 16.6. The first-order valence-electron chi connectivity index (χ1n) is 5.44. The average molecular weight is 239 g/mol. The molecule has 18 heavy (non-hydrogen) atoms. The number of ether oxygens (including phenoxy) is 2. The van der Waals surface area contributed by atoms with Crippen LogP contribution in [0.1, 0.15) is 5.56 Å². The normalized spacial score (nSPS) is 15.8. The Labute approximate surface area is 103 Å². The van der Waals surface area contributed by atoms with Gasteiger partial charge < -0.3 is 9.47 Å². The standard InChI is InChI=1S/C14H9NO3/c16-14-13(8-10-4-3-7-15-9-10)17-11-5-1-2-6-12(11)18-14/h1-9H/b13-8-. The zero-order valence-corrected chi connectivity index (χ0v) is 9.37. The Morgan fingerprint density at radius 3 is 2.50 bits per heavy atom. The molecule has 0 aliphatic carbocycles. The van der Waals surface area contributed by atoms with Crippen LogP contribution in [0.4, 0.5) is 0 Å². The Morgan fingerprint density at radius 2 is 1.78 bits per heavy atom. The predicted octanol–water partition coefficient (Wildman–Crippen LogP) is 2.42. The highest BCUT2D eigenvalue weighted by Gasteiger charge is 2.23. The van der Waals surface area contributed by atoms with Crippen LogP contribution in [0.25, 0.3) is 6.08 Å². The lowest BCUT2D eigenvalue weighted by Gasteiger charge is -2.18. The van der Waals surface area contributed by atoms with Gasteiger partial charge in [-0.1, -0.05) is 18.2 Å². The minimum atomic E-state index is -0.502. The van der Waals surface area contributed by atoms with E-state index in [0.29, 0.717) is 11.5 Å². The molecule has 0 amide bonds. The molecule has 2 aromatic rings. The molecule has 1 aromatic carbocycles. The van der Waals surface area contributed by atoms with Crippen molar-refractivity contribution in [2.24, 2.45) is 0 Å². The van der Waals surface area contributed by atoms with Gasteiger partial charge in [0.25, 0.3) is 0 Å². The zero-order chi connectivity index (χ0) is 12.4. The Bertz CT molecular complexity index is 620. The van der Waals surface area contributed by atoms with Crippen LogP contribution < -0.4 is 9.47 Å². The molecule has 2 heterocycles. The van der Waals surface area contributed by atoms with Crippen molar-refractivity contribution >= 4 is 12.0 Å². The molecular formula is C14H9NO3. The fourth-order valence-corrected chi connectivity index (χ4v) is 1.63. The lowest BCUT2D eigenvalue weighted by atomic mass is 10.2. The van der Waals surface area contributed by atoms with Gasteiger partial charge in [-0.3, -0.25) is 4.98 Å². The van der Waals surface area contributed by atoms with Gasteiger partial charge in [0.1, 0.15) is 0 Å². The monoisotopic (exact) mass is 239 g/mol. The number of aromatic nitrogens is 1. The minimum Gasteiger partial charge on any atom is -0.446 e. The van der Waals surface area contributed by atoms with Gasteiger partial charge in [-0.25, -0.2) is 4.79 Å². The number of nitrogens with zero attached hydrogens (tertiary/aromatic N) is 1. The van der Waals surface area contributed by atoms with Crippen LogP contribution in [0.15, 0.2) is 54.6 Å². The molecule has 3 rings (SSSR count). The van der Waals surface area contributed by atoms with Crippen molar-refractivity contribution in [3.63, 3.8) is 0 Å². The Balaban J connectivity index is 1.96. The van der Waals surface area contributed by atoms with Gasteiger partial charge in [-0.05, 0) is 29.8 Å². The van der Waals surface area contributed by atoms with Gasteiger partial charge in [-0.15, -0.1) is 0 Å². The largest absolute Gasteiger partial charge is 0.446 e. The Morgan fingerprint density at radius 1 is 1.00 bits per heavy atom. The maximum atomic E-state index is 11.7. The Hall–Kier alpha value is -2.62. The second kappa shape index (κ2) is 4.33. The van der Waals surface area contributed by atoms with E-state index in [-0.39, 0.29) is 5.76 Å². The molecule has 88 valence electrons. The number of hydrogen-bond donors (Lipinski definition) is 0. The summed E-state index contributed by atoms with van der Waals surface area (Å²) >= 11 is 0. The molecule has 1 aromatic heterocycles. The second-order valence-corrected chi connectivity index (χ2v) is 3.73. The van der Waals surface area contributed by atoms with Gasteiger partial charge in [0.15, 0.2) is 11.5 Å². The van der Waals surface area contributed by atoms with Gasteiger partial charge in [-0.2, -0.15) is 0 Å². The third kappa shape index (κ3) is 1.96. The van der Waals surface area contributed by atoms with Crippen LogP contribution in [0.2, 0.25) is 0 Å². The molecular weight excluding hydrogens is 230 g/mol. The first-order valence-corrected chi connectivity index (χ1v) is 5.44. The lowest BCUT2D eigenvalue weighted by molar-refractivity contribution is -0.133. The summed E-state index contributed by atoms with van der Waals surface area (Å²) in [5.74, 6) is 0.623. The van der Waals surface area contributed by atoms with Crippen molar-refractivity contribution in [1.82, 2.24) is 4.98 Å². The van der Waals surface area contributed by atoms with Crippen molar-refractivity contribution < 1.29 is 14.3 Å². The van der Waals surface area contributed by atoms with Crippen molar-refractivity contribution in [2.45, 2.75) is 0 Å². The number of pyridine rings is 1. The van der Waals surface area contributed by atoms with E-state index < -0.39 is 5.97 Å². The molecule has 0 N–H and O–H groups in total. The van der Waals surface area contributed by atoms with Gasteiger partial charge in [0.05, 0.1) is 0 Å². The third-order valence-electron chi connectivity index (χ3n) is 2.46. The maximum absolute atomic E-state index is 11.7. The molecule has 0 saturated carbocycles. The summed E-state index contributed by atoms with van der Waals surface area (Å²) in [6.07, 6.45) is 4.91. The quantitative estimate of drug-likeness (QED) is 0.435. The average Bonchev–Trinajstić information content (AvgIpc) is 2.41. The molecule has 4 nitrogen and oxygen atoms in total.